The molecule has 16 heavy (non-hydrogen) atoms. The summed E-state index contributed by atoms with van der Waals surface area (Å²) in [5.41, 5.74) is 1.97. The van der Waals surface area contributed by atoms with Crippen LogP contribution < -0.4 is 0 Å². The average Bonchev–Trinajstić information content (AvgIpc) is 2.58. The minimum atomic E-state index is -0.122. The molecule has 0 aliphatic carbocycles. The van der Waals surface area contributed by atoms with Gasteiger partial charge >= 0.3 is 0 Å². The lowest BCUT2D eigenvalue weighted by Gasteiger charge is -2.04. The van der Waals surface area contributed by atoms with Crippen LogP contribution in [-0.4, -0.2) is 19.9 Å². The first-order valence-electron chi connectivity index (χ1n) is 4.88. The maximum Gasteiger partial charge on any atom is 0.163 e. The predicted molar refractivity (Wildman–Crippen MR) is 62.1 cm³/mol. The van der Waals surface area contributed by atoms with Crippen molar-refractivity contribution < 1.29 is 5.11 Å². The number of benzene rings is 1. The Morgan fingerprint density at radius 3 is 2.62 bits per heavy atom. The van der Waals surface area contributed by atoms with E-state index in [2.05, 4.69) is 10.2 Å². The van der Waals surface area contributed by atoms with Crippen molar-refractivity contribution in [1.82, 2.24) is 14.8 Å². The molecule has 84 valence electrons. The van der Waals surface area contributed by atoms with E-state index in [9.17, 15) is 0 Å². The summed E-state index contributed by atoms with van der Waals surface area (Å²) in [6.45, 7) is 1.85. The largest absolute Gasteiger partial charge is 0.388 e. The molecule has 0 atom stereocenters. The first-order valence-corrected chi connectivity index (χ1v) is 5.26. The quantitative estimate of drug-likeness (QED) is 0.869. The number of aromatic nitrogens is 3. The minimum absolute atomic E-state index is 0.122. The fourth-order valence-electron chi connectivity index (χ4n) is 1.62. The minimum Gasteiger partial charge on any atom is -0.388 e. The zero-order valence-electron chi connectivity index (χ0n) is 9.11. The smallest absolute Gasteiger partial charge is 0.163 e. The van der Waals surface area contributed by atoms with Crippen LogP contribution in [0.15, 0.2) is 18.2 Å². The molecule has 0 bridgehead atoms. The first-order chi connectivity index (χ1) is 7.61. The van der Waals surface area contributed by atoms with Gasteiger partial charge in [0, 0.05) is 17.6 Å². The molecule has 0 aliphatic heterocycles. The third-order valence-electron chi connectivity index (χ3n) is 2.41. The lowest BCUT2D eigenvalue weighted by molar-refractivity contribution is 0.267. The monoisotopic (exact) mass is 237 g/mol. The summed E-state index contributed by atoms with van der Waals surface area (Å²) in [5, 5.41) is 17.6. The van der Waals surface area contributed by atoms with E-state index in [4.69, 9.17) is 16.7 Å². The van der Waals surface area contributed by atoms with Gasteiger partial charge in [0.15, 0.2) is 11.6 Å². The number of hydrogen-bond donors (Lipinski definition) is 1. The maximum atomic E-state index is 9.04. The highest BCUT2D eigenvalue weighted by atomic mass is 35.5. The molecule has 0 saturated carbocycles. The van der Waals surface area contributed by atoms with E-state index in [1.807, 2.05) is 32.2 Å². The highest BCUT2D eigenvalue weighted by Crippen LogP contribution is 2.23. The lowest BCUT2D eigenvalue weighted by Crippen LogP contribution is -1.99. The van der Waals surface area contributed by atoms with Crippen molar-refractivity contribution in [2.24, 2.45) is 7.05 Å². The molecule has 2 aromatic rings. The van der Waals surface area contributed by atoms with E-state index in [0.717, 1.165) is 11.1 Å². The van der Waals surface area contributed by atoms with Gasteiger partial charge in [0.2, 0.25) is 0 Å². The van der Waals surface area contributed by atoms with E-state index in [1.54, 1.807) is 4.57 Å². The van der Waals surface area contributed by atoms with Gasteiger partial charge in [-0.2, -0.15) is 0 Å². The Bertz CT molecular complexity index is 502. The van der Waals surface area contributed by atoms with Gasteiger partial charge in [0.1, 0.15) is 6.61 Å². The van der Waals surface area contributed by atoms with Crippen LogP contribution in [0.25, 0.3) is 11.4 Å². The highest BCUT2D eigenvalue weighted by molar-refractivity contribution is 6.30. The zero-order valence-corrected chi connectivity index (χ0v) is 9.86. The summed E-state index contributed by atoms with van der Waals surface area (Å²) in [7, 11) is 1.82. The molecule has 1 N–H and O–H groups in total. The second kappa shape index (κ2) is 4.23. The van der Waals surface area contributed by atoms with Crippen LogP contribution in [0.4, 0.5) is 0 Å². The number of aryl methyl sites for hydroxylation is 1. The number of aliphatic hydroxyl groups excluding tert-OH is 1. The molecule has 5 heteroatoms. The molecule has 2 rings (SSSR count). The van der Waals surface area contributed by atoms with Crippen molar-refractivity contribution in [3.63, 3.8) is 0 Å². The summed E-state index contributed by atoms with van der Waals surface area (Å²) in [6.07, 6.45) is 0. The van der Waals surface area contributed by atoms with Crippen molar-refractivity contribution in [1.29, 1.82) is 0 Å². The van der Waals surface area contributed by atoms with Gasteiger partial charge in [-0.15, -0.1) is 10.2 Å². The molecule has 1 aromatic heterocycles. The van der Waals surface area contributed by atoms with E-state index in [0.29, 0.717) is 16.7 Å². The van der Waals surface area contributed by atoms with E-state index in [-0.39, 0.29) is 6.61 Å². The molecule has 0 fully saturated rings. The Morgan fingerprint density at radius 2 is 2.06 bits per heavy atom. The van der Waals surface area contributed by atoms with Crippen molar-refractivity contribution in [2.75, 3.05) is 0 Å². The Balaban J connectivity index is 2.54. The summed E-state index contributed by atoms with van der Waals surface area (Å²) in [6, 6.07) is 5.70. The number of nitrogens with zero attached hydrogens (tertiary/aromatic N) is 3. The molecule has 0 aliphatic rings. The number of halogens is 1. The Hall–Kier alpha value is -1.39. The van der Waals surface area contributed by atoms with Gasteiger partial charge in [-0.05, 0) is 30.7 Å². The van der Waals surface area contributed by atoms with Crippen molar-refractivity contribution in [3.05, 3.63) is 34.6 Å². The first kappa shape index (κ1) is 11.1. The highest BCUT2D eigenvalue weighted by Gasteiger charge is 2.10. The van der Waals surface area contributed by atoms with Crippen LogP contribution in [0, 0.1) is 6.92 Å². The van der Waals surface area contributed by atoms with Crippen LogP contribution in [-0.2, 0) is 13.7 Å². The molecule has 0 radical (unpaired) electrons. The molecule has 0 unspecified atom stereocenters. The fourth-order valence-corrected chi connectivity index (χ4v) is 1.91. The standard InChI is InChI=1S/C11H12ClN3O/c1-7-3-8(5-9(12)4-7)11-14-13-10(6-16)15(11)2/h3-5,16H,6H2,1-2H3. The van der Waals surface area contributed by atoms with Crippen LogP contribution in [0.2, 0.25) is 5.02 Å². The van der Waals surface area contributed by atoms with Crippen LogP contribution in [0.1, 0.15) is 11.4 Å². The van der Waals surface area contributed by atoms with Crippen molar-refractivity contribution in [2.45, 2.75) is 13.5 Å². The Kier molecular flexibility index (Phi) is 2.94. The number of hydrogen-bond acceptors (Lipinski definition) is 3. The maximum absolute atomic E-state index is 9.04. The predicted octanol–water partition coefficient (Wildman–Crippen LogP) is 1.94. The normalized spacial score (nSPS) is 10.8. The van der Waals surface area contributed by atoms with Crippen LogP contribution in [0.3, 0.4) is 0 Å². The van der Waals surface area contributed by atoms with Gasteiger partial charge in [-0.1, -0.05) is 11.6 Å². The molecular formula is C11H12ClN3O. The summed E-state index contributed by atoms with van der Waals surface area (Å²) >= 11 is 5.99. The molecule has 1 aromatic carbocycles. The summed E-state index contributed by atoms with van der Waals surface area (Å²) in [4.78, 5) is 0. The molecule has 4 nitrogen and oxygen atoms in total. The second-order valence-electron chi connectivity index (χ2n) is 3.67. The van der Waals surface area contributed by atoms with Gasteiger partial charge < -0.3 is 9.67 Å². The topological polar surface area (TPSA) is 50.9 Å². The van der Waals surface area contributed by atoms with Gasteiger partial charge in [-0.25, -0.2) is 0 Å². The van der Waals surface area contributed by atoms with Gasteiger partial charge in [0.05, 0.1) is 0 Å². The van der Waals surface area contributed by atoms with Crippen LogP contribution in [0.5, 0.6) is 0 Å². The average molecular weight is 238 g/mol. The number of aliphatic hydroxyl groups is 1. The Labute approximate surface area is 98.5 Å². The SMILES string of the molecule is Cc1cc(Cl)cc(-c2nnc(CO)n2C)c1. The van der Waals surface area contributed by atoms with Gasteiger partial charge in [0.25, 0.3) is 0 Å². The van der Waals surface area contributed by atoms with E-state index < -0.39 is 0 Å². The Morgan fingerprint density at radius 1 is 1.31 bits per heavy atom. The summed E-state index contributed by atoms with van der Waals surface area (Å²) in [5.74, 6) is 1.24. The third kappa shape index (κ3) is 1.94. The summed E-state index contributed by atoms with van der Waals surface area (Å²) < 4.78 is 1.76. The van der Waals surface area contributed by atoms with E-state index >= 15 is 0 Å². The third-order valence-corrected chi connectivity index (χ3v) is 2.62. The molecule has 1 heterocycles. The molecule has 0 saturated heterocycles. The van der Waals surface area contributed by atoms with Crippen molar-refractivity contribution >= 4 is 11.6 Å². The fraction of sp³-hybridized carbons (Fsp3) is 0.273. The molecular weight excluding hydrogens is 226 g/mol. The zero-order chi connectivity index (χ0) is 11.7. The molecule has 0 spiro atoms. The van der Waals surface area contributed by atoms with Crippen molar-refractivity contribution in [3.8, 4) is 11.4 Å². The van der Waals surface area contributed by atoms with Crippen LogP contribution >= 0.6 is 11.6 Å². The number of rotatable bonds is 2. The molecule has 0 amide bonds. The van der Waals surface area contributed by atoms with Gasteiger partial charge in [-0.3, -0.25) is 0 Å². The second-order valence-corrected chi connectivity index (χ2v) is 4.11. The lowest BCUT2D eigenvalue weighted by atomic mass is 10.1. The van der Waals surface area contributed by atoms with E-state index in [1.165, 1.54) is 0 Å².